The summed E-state index contributed by atoms with van der Waals surface area (Å²) < 4.78 is 32.7. The van der Waals surface area contributed by atoms with Gasteiger partial charge in [0, 0.05) is 19.0 Å². The molecule has 0 saturated heterocycles. The zero-order valence-corrected chi connectivity index (χ0v) is 17.9. The van der Waals surface area contributed by atoms with Gasteiger partial charge in [-0.05, 0) is 31.0 Å². The average Bonchev–Trinajstić information content (AvgIpc) is 2.74. The van der Waals surface area contributed by atoms with Gasteiger partial charge in [0.2, 0.25) is 15.9 Å². The lowest BCUT2D eigenvalue weighted by Crippen LogP contribution is -2.46. The van der Waals surface area contributed by atoms with Gasteiger partial charge >= 0.3 is 0 Å². The normalized spacial score (nSPS) is 18.0. The maximum Gasteiger partial charge on any atom is 0.243 e. The summed E-state index contributed by atoms with van der Waals surface area (Å²) >= 11 is 0. The molecule has 0 radical (unpaired) electrons. The number of para-hydroxylation sites is 1. The topological polar surface area (TPSA) is 75.7 Å². The minimum Gasteiger partial charge on any atom is -0.487 e. The summed E-state index contributed by atoms with van der Waals surface area (Å²) in [7, 11) is -2.30. The Labute approximate surface area is 172 Å². The monoisotopic (exact) mass is 416 g/mol. The van der Waals surface area contributed by atoms with Crippen molar-refractivity contribution in [3.05, 3.63) is 60.2 Å². The van der Waals surface area contributed by atoms with Crippen LogP contribution in [0.3, 0.4) is 0 Å². The number of hydrogen-bond donors (Lipinski definition) is 1. The van der Waals surface area contributed by atoms with Crippen LogP contribution in [-0.4, -0.2) is 37.8 Å². The van der Waals surface area contributed by atoms with E-state index in [4.69, 9.17) is 4.74 Å². The van der Waals surface area contributed by atoms with Crippen molar-refractivity contribution in [1.29, 1.82) is 0 Å². The van der Waals surface area contributed by atoms with Crippen molar-refractivity contribution in [3.8, 4) is 5.75 Å². The van der Waals surface area contributed by atoms with Crippen molar-refractivity contribution in [2.45, 2.75) is 49.6 Å². The minimum atomic E-state index is -3.72. The number of amides is 1. The number of fused-ring (bicyclic) bond motifs is 1. The molecule has 0 aliphatic carbocycles. The van der Waals surface area contributed by atoms with Crippen LogP contribution in [0.5, 0.6) is 5.75 Å². The summed E-state index contributed by atoms with van der Waals surface area (Å²) in [4.78, 5) is 12.9. The molecule has 156 valence electrons. The van der Waals surface area contributed by atoms with Crippen molar-refractivity contribution in [3.63, 3.8) is 0 Å². The number of nitrogens with one attached hydrogen (secondary N) is 1. The fraction of sp³-hybridized carbons (Fsp3) is 0.409. The molecule has 1 aliphatic rings. The van der Waals surface area contributed by atoms with Crippen molar-refractivity contribution in [2.75, 3.05) is 13.6 Å². The molecule has 1 aliphatic heterocycles. The molecule has 1 N–H and O–H groups in total. The van der Waals surface area contributed by atoms with E-state index in [1.807, 2.05) is 24.3 Å². The molecule has 7 heteroatoms. The van der Waals surface area contributed by atoms with E-state index < -0.39 is 10.0 Å². The number of hydrogen-bond acceptors (Lipinski definition) is 4. The molecule has 2 aromatic carbocycles. The Bertz CT molecular complexity index is 956. The quantitative estimate of drug-likeness (QED) is 0.749. The summed E-state index contributed by atoms with van der Waals surface area (Å²) in [6.07, 6.45) is 2.30. The summed E-state index contributed by atoms with van der Waals surface area (Å²) in [5.41, 5.74) is 0.584. The van der Waals surface area contributed by atoms with Gasteiger partial charge in [0.15, 0.2) is 0 Å². The number of ether oxygens (including phenoxy) is 1. The molecule has 1 amide bonds. The highest BCUT2D eigenvalue weighted by Crippen LogP contribution is 2.42. The van der Waals surface area contributed by atoms with Crippen LogP contribution in [0.15, 0.2) is 59.5 Å². The molecule has 0 spiro atoms. The molecule has 2 aromatic rings. The van der Waals surface area contributed by atoms with E-state index >= 15 is 0 Å². The van der Waals surface area contributed by atoms with Crippen LogP contribution in [0.4, 0.5) is 0 Å². The van der Waals surface area contributed by atoms with E-state index in [9.17, 15) is 13.2 Å². The zero-order valence-electron chi connectivity index (χ0n) is 17.1. The van der Waals surface area contributed by atoms with Gasteiger partial charge in [-0.15, -0.1) is 0 Å². The first-order valence-electron chi connectivity index (χ1n) is 9.90. The molecule has 0 saturated carbocycles. The van der Waals surface area contributed by atoms with Crippen molar-refractivity contribution < 1.29 is 17.9 Å². The predicted molar refractivity (Wildman–Crippen MR) is 112 cm³/mol. The van der Waals surface area contributed by atoms with Crippen LogP contribution >= 0.6 is 0 Å². The molecule has 29 heavy (non-hydrogen) atoms. The Morgan fingerprint density at radius 1 is 1.10 bits per heavy atom. The summed E-state index contributed by atoms with van der Waals surface area (Å²) in [5.74, 6) is 0.438. The Morgan fingerprint density at radius 3 is 2.38 bits per heavy atom. The molecule has 1 heterocycles. The second kappa shape index (κ2) is 8.55. The molecule has 0 aromatic heterocycles. The lowest BCUT2D eigenvalue weighted by atomic mass is 9.83. The third-order valence-electron chi connectivity index (χ3n) is 5.64. The number of sulfonamides is 1. The lowest BCUT2D eigenvalue weighted by Gasteiger charge is -2.41. The van der Waals surface area contributed by atoms with E-state index in [1.54, 1.807) is 18.2 Å². The van der Waals surface area contributed by atoms with Crippen LogP contribution in [-0.2, 0) is 14.8 Å². The van der Waals surface area contributed by atoms with Crippen LogP contribution in [0.25, 0.3) is 0 Å². The maximum absolute atomic E-state index is 12.7. The van der Waals surface area contributed by atoms with Gasteiger partial charge in [-0.1, -0.05) is 50.2 Å². The number of nitrogens with zero attached hydrogens (tertiary/aromatic N) is 1. The molecule has 1 atom stereocenters. The molecular weight excluding hydrogens is 388 g/mol. The highest BCUT2D eigenvalue weighted by molar-refractivity contribution is 7.89. The fourth-order valence-electron chi connectivity index (χ4n) is 3.73. The van der Waals surface area contributed by atoms with Gasteiger partial charge in [-0.25, -0.2) is 8.42 Å². The first-order valence-corrected chi connectivity index (χ1v) is 11.3. The maximum atomic E-state index is 12.7. The first-order chi connectivity index (χ1) is 13.8. The zero-order chi connectivity index (χ0) is 21.1. The lowest BCUT2D eigenvalue weighted by molar-refractivity contribution is -0.122. The Balaban J connectivity index is 1.76. The van der Waals surface area contributed by atoms with Crippen LogP contribution < -0.4 is 10.1 Å². The van der Waals surface area contributed by atoms with E-state index in [2.05, 4.69) is 19.2 Å². The third-order valence-corrected chi connectivity index (χ3v) is 7.46. The van der Waals surface area contributed by atoms with Crippen molar-refractivity contribution in [1.82, 2.24) is 9.62 Å². The molecule has 6 nitrogen and oxygen atoms in total. The summed E-state index contributed by atoms with van der Waals surface area (Å²) in [6.45, 7) is 3.91. The average molecular weight is 417 g/mol. The number of carbonyl (C=O) groups is 1. The van der Waals surface area contributed by atoms with E-state index in [0.717, 1.165) is 28.5 Å². The van der Waals surface area contributed by atoms with Gasteiger partial charge in [-0.2, -0.15) is 4.31 Å². The minimum absolute atomic E-state index is 0.169. The third kappa shape index (κ3) is 4.46. The number of likely N-dealkylation sites (N-methyl/N-ethyl adjacent to an activating group) is 1. The number of rotatable bonds is 7. The second-order valence-corrected chi connectivity index (χ2v) is 9.47. The molecule has 1 unspecified atom stereocenters. The Hall–Kier alpha value is -2.38. The Kier molecular flexibility index (Phi) is 6.29. The smallest absolute Gasteiger partial charge is 0.243 e. The Morgan fingerprint density at radius 2 is 1.72 bits per heavy atom. The highest BCUT2D eigenvalue weighted by atomic mass is 32.2. The van der Waals surface area contributed by atoms with E-state index in [-0.39, 0.29) is 29.0 Å². The van der Waals surface area contributed by atoms with Crippen molar-refractivity contribution >= 4 is 15.9 Å². The van der Waals surface area contributed by atoms with Crippen molar-refractivity contribution in [2.24, 2.45) is 0 Å². The van der Waals surface area contributed by atoms with Gasteiger partial charge in [0.25, 0.3) is 0 Å². The first kappa shape index (κ1) is 21.3. The largest absolute Gasteiger partial charge is 0.487 e. The van der Waals surface area contributed by atoms with Gasteiger partial charge in [0.05, 0.1) is 17.5 Å². The predicted octanol–water partition coefficient (Wildman–Crippen LogP) is 3.51. The van der Waals surface area contributed by atoms with Crippen LogP contribution in [0, 0.1) is 0 Å². The molecule has 0 fully saturated rings. The van der Waals surface area contributed by atoms with Crippen LogP contribution in [0.1, 0.15) is 44.7 Å². The van der Waals surface area contributed by atoms with E-state index in [0.29, 0.717) is 6.42 Å². The number of carbonyl (C=O) groups excluding carboxylic acids is 1. The molecule has 0 bridgehead atoms. The highest BCUT2D eigenvalue weighted by Gasteiger charge is 2.39. The van der Waals surface area contributed by atoms with Gasteiger partial charge in [-0.3, -0.25) is 4.79 Å². The summed E-state index contributed by atoms with van der Waals surface area (Å²) in [6, 6.07) is 15.6. The molecular formula is C22H28N2O4S. The van der Waals surface area contributed by atoms with Crippen LogP contribution in [0.2, 0.25) is 0 Å². The number of benzene rings is 2. The SMILES string of the molecule is CCC1(CC)CC(NC(=O)CN(C)S(=O)(=O)c2ccccc2)c2ccccc2O1. The van der Waals surface area contributed by atoms with Gasteiger partial charge in [0.1, 0.15) is 11.4 Å². The standard InChI is InChI=1S/C22H28N2O4S/c1-4-22(5-2)15-19(18-13-9-10-14-20(18)28-22)23-21(25)16-24(3)29(26,27)17-11-7-6-8-12-17/h6-14,19H,4-5,15-16H2,1-3H3,(H,23,25). The fourth-order valence-corrected chi connectivity index (χ4v) is 4.88. The summed E-state index contributed by atoms with van der Waals surface area (Å²) in [5, 5.41) is 3.03. The van der Waals surface area contributed by atoms with Gasteiger partial charge < -0.3 is 10.1 Å². The second-order valence-electron chi connectivity index (χ2n) is 7.43. The van der Waals surface area contributed by atoms with E-state index in [1.165, 1.54) is 19.2 Å². The molecule has 3 rings (SSSR count).